The number of hydrogen-bond donors (Lipinski definition) is 2. The van der Waals surface area contributed by atoms with Crippen LogP contribution in [0.15, 0.2) is 16.7 Å². The predicted octanol–water partition coefficient (Wildman–Crippen LogP) is 0.355. The molecule has 0 fully saturated rings. The second kappa shape index (κ2) is 3.16. The van der Waals surface area contributed by atoms with Gasteiger partial charge in [0, 0.05) is 17.2 Å². The summed E-state index contributed by atoms with van der Waals surface area (Å²) in [5.41, 5.74) is 0.636. The minimum Gasteiger partial charge on any atom is -0.394 e. The molecule has 0 bridgehead atoms. The van der Waals surface area contributed by atoms with Gasteiger partial charge in [0.1, 0.15) is 5.69 Å². The first kappa shape index (κ1) is 8.77. The average Bonchev–Trinajstić information content (AvgIpc) is 2.46. The molecule has 70 valence electrons. The molecule has 0 spiro atoms. The van der Waals surface area contributed by atoms with Crippen molar-refractivity contribution in [1.29, 1.82) is 0 Å². The maximum atomic E-state index is 11.4. The maximum Gasteiger partial charge on any atom is 0.268 e. The third kappa shape index (κ3) is 1.49. The van der Waals surface area contributed by atoms with Crippen LogP contribution in [0, 0.1) is 0 Å². The normalized spacial score (nSPS) is 21.1. The maximum absolute atomic E-state index is 11.4. The predicted molar refractivity (Wildman–Crippen MR) is 50.5 cm³/mol. The summed E-state index contributed by atoms with van der Waals surface area (Å²) in [5.74, 6) is -0.129. The van der Waals surface area contributed by atoms with Gasteiger partial charge in [0.25, 0.3) is 5.91 Å². The van der Waals surface area contributed by atoms with Crippen LogP contribution >= 0.6 is 15.9 Å². The molecule has 1 amide bonds. The molecule has 1 aliphatic heterocycles. The molecule has 0 saturated carbocycles. The number of aromatic nitrogens is 1. The van der Waals surface area contributed by atoms with Gasteiger partial charge in [-0.3, -0.25) is 4.79 Å². The lowest BCUT2D eigenvalue weighted by molar-refractivity contribution is 0.0870. The van der Waals surface area contributed by atoms with Gasteiger partial charge in [-0.1, -0.05) is 0 Å². The highest BCUT2D eigenvalue weighted by atomic mass is 79.9. The first-order valence-electron chi connectivity index (χ1n) is 3.98. The standard InChI is InChI=1S/C8H9BrN2O2/c9-5-1-7-8(13)10-6(4-12)3-11(7)2-5/h1-2,6,12H,3-4H2,(H,10,13). The van der Waals surface area contributed by atoms with E-state index in [-0.39, 0.29) is 18.6 Å². The molecule has 1 atom stereocenters. The molecule has 2 N–H and O–H groups in total. The van der Waals surface area contributed by atoms with Crippen LogP contribution in [0.2, 0.25) is 0 Å². The van der Waals surface area contributed by atoms with E-state index in [1.807, 2.05) is 10.8 Å². The van der Waals surface area contributed by atoms with Crippen LogP contribution in [0.3, 0.4) is 0 Å². The number of nitrogens with one attached hydrogen (secondary N) is 1. The van der Waals surface area contributed by atoms with Crippen LogP contribution < -0.4 is 5.32 Å². The summed E-state index contributed by atoms with van der Waals surface area (Å²) in [6, 6.07) is 1.60. The molecule has 1 aliphatic rings. The van der Waals surface area contributed by atoms with Crippen LogP contribution in [0.25, 0.3) is 0 Å². The Hall–Kier alpha value is -0.810. The molecule has 1 aromatic heterocycles. The molecule has 0 aliphatic carbocycles. The molecule has 5 heteroatoms. The quantitative estimate of drug-likeness (QED) is 0.750. The summed E-state index contributed by atoms with van der Waals surface area (Å²) < 4.78 is 2.72. The number of aliphatic hydroxyl groups is 1. The van der Waals surface area contributed by atoms with Crippen molar-refractivity contribution in [2.45, 2.75) is 12.6 Å². The molecular weight excluding hydrogens is 236 g/mol. The number of carbonyl (C=O) groups is 1. The lowest BCUT2D eigenvalue weighted by atomic mass is 10.2. The van der Waals surface area contributed by atoms with Gasteiger partial charge in [0.2, 0.25) is 0 Å². The lowest BCUT2D eigenvalue weighted by Gasteiger charge is -2.23. The number of amides is 1. The number of aliphatic hydroxyl groups excluding tert-OH is 1. The largest absolute Gasteiger partial charge is 0.394 e. The van der Waals surface area contributed by atoms with Crippen LogP contribution in [-0.4, -0.2) is 28.2 Å². The summed E-state index contributed by atoms with van der Waals surface area (Å²) in [6.07, 6.45) is 1.84. The van der Waals surface area contributed by atoms with E-state index in [0.29, 0.717) is 12.2 Å². The van der Waals surface area contributed by atoms with Crippen molar-refractivity contribution >= 4 is 21.8 Å². The molecule has 4 nitrogen and oxygen atoms in total. The van der Waals surface area contributed by atoms with E-state index >= 15 is 0 Å². The van der Waals surface area contributed by atoms with Crippen LogP contribution in [0.5, 0.6) is 0 Å². The minimum atomic E-state index is -0.167. The van der Waals surface area contributed by atoms with E-state index in [0.717, 1.165) is 4.47 Å². The zero-order valence-corrected chi connectivity index (χ0v) is 8.41. The van der Waals surface area contributed by atoms with Crippen molar-refractivity contribution in [3.8, 4) is 0 Å². The van der Waals surface area contributed by atoms with Crippen LogP contribution in [-0.2, 0) is 6.54 Å². The highest BCUT2D eigenvalue weighted by Gasteiger charge is 2.23. The van der Waals surface area contributed by atoms with Crippen molar-refractivity contribution in [1.82, 2.24) is 9.88 Å². The Morgan fingerprint density at radius 1 is 1.77 bits per heavy atom. The molecule has 0 radical (unpaired) electrons. The van der Waals surface area contributed by atoms with Gasteiger partial charge in [0.15, 0.2) is 0 Å². The number of nitrogens with zero attached hydrogens (tertiary/aromatic N) is 1. The van der Waals surface area contributed by atoms with Crippen molar-refractivity contribution in [2.24, 2.45) is 0 Å². The summed E-state index contributed by atoms with van der Waals surface area (Å²) in [5, 5.41) is 11.6. The monoisotopic (exact) mass is 244 g/mol. The average molecular weight is 245 g/mol. The fraction of sp³-hybridized carbons (Fsp3) is 0.375. The number of fused-ring (bicyclic) bond motifs is 1. The van der Waals surface area contributed by atoms with Crippen LogP contribution in [0.1, 0.15) is 10.5 Å². The Bertz CT molecular complexity index is 348. The summed E-state index contributed by atoms with van der Waals surface area (Å²) in [7, 11) is 0. The highest BCUT2D eigenvalue weighted by molar-refractivity contribution is 9.10. The van der Waals surface area contributed by atoms with Gasteiger partial charge in [-0.2, -0.15) is 0 Å². The molecule has 2 rings (SSSR count). The van der Waals surface area contributed by atoms with E-state index in [4.69, 9.17) is 5.11 Å². The second-order valence-corrected chi connectivity index (χ2v) is 3.96. The first-order chi connectivity index (χ1) is 6.20. The van der Waals surface area contributed by atoms with E-state index < -0.39 is 0 Å². The zero-order valence-electron chi connectivity index (χ0n) is 6.83. The Kier molecular flexibility index (Phi) is 2.13. The smallest absolute Gasteiger partial charge is 0.268 e. The Morgan fingerprint density at radius 3 is 3.23 bits per heavy atom. The van der Waals surface area contributed by atoms with E-state index in [9.17, 15) is 4.79 Å². The number of carbonyl (C=O) groups excluding carboxylic acids is 1. The van der Waals surface area contributed by atoms with Crippen LogP contribution in [0.4, 0.5) is 0 Å². The zero-order chi connectivity index (χ0) is 9.42. The van der Waals surface area contributed by atoms with Gasteiger partial charge in [-0.05, 0) is 22.0 Å². The molecular formula is C8H9BrN2O2. The molecule has 1 unspecified atom stereocenters. The van der Waals surface area contributed by atoms with Gasteiger partial charge in [0.05, 0.1) is 12.6 Å². The van der Waals surface area contributed by atoms with Gasteiger partial charge in [-0.25, -0.2) is 0 Å². The Balaban J connectivity index is 2.36. The number of halogens is 1. The molecule has 0 aromatic carbocycles. The Labute approximate surface area is 83.7 Å². The van der Waals surface area contributed by atoms with Gasteiger partial charge >= 0.3 is 0 Å². The summed E-state index contributed by atoms with van der Waals surface area (Å²) >= 11 is 3.30. The first-order valence-corrected chi connectivity index (χ1v) is 4.77. The fourth-order valence-electron chi connectivity index (χ4n) is 1.46. The SMILES string of the molecule is O=C1NC(CO)Cn2cc(Br)cc21. The van der Waals surface area contributed by atoms with Crippen molar-refractivity contribution in [3.63, 3.8) is 0 Å². The molecule has 13 heavy (non-hydrogen) atoms. The van der Waals surface area contributed by atoms with Crippen molar-refractivity contribution < 1.29 is 9.90 Å². The number of rotatable bonds is 1. The third-order valence-corrected chi connectivity index (χ3v) is 2.50. The van der Waals surface area contributed by atoms with E-state index in [2.05, 4.69) is 21.2 Å². The molecule has 1 aromatic rings. The second-order valence-electron chi connectivity index (χ2n) is 3.05. The van der Waals surface area contributed by atoms with Gasteiger partial charge < -0.3 is 15.0 Å². The topological polar surface area (TPSA) is 54.3 Å². The summed E-state index contributed by atoms with van der Waals surface area (Å²) in [4.78, 5) is 11.4. The number of hydrogen-bond acceptors (Lipinski definition) is 2. The molecule has 0 saturated heterocycles. The molecule has 2 heterocycles. The highest BCUT2D eigenvalue weighted by Crippen LogP contribution is 2.18. The van der Waals surface area contributed by atoms with E-state index in [1.54, 1.807) is 6.07 Å². The lowest BCUT2D eigenvalue weighted by Crippen LogP contribution is -2.45. The van der Waals surface area contributed by atoms with Crippen molar-refractivity contribution in [3.05, 3.63) is 22.4 Å². The fourth-order valence-corrected chi connectivity index (χ4v) is 1.93. The summed E-state index contributed by atoms with van der Waals surface area (Å²) in [6.45, 7) is 0.601. The Morgan fingerprint density at radius 2 is 2.54 bits per heavy atom. The third-order valence-electron chi connectivity index (χ3n) is 2.07. The van der Waals surface area contributed by atoms with Gasteiger partial charge in [-0.15, -0.1) is 0 Å². The minimum absolute atomic E-state index is 0.0268. The van der Waals surface area contributed by atoms with Crippen molar-refractivity contribution in [2.75, 3.05) is 6.61 Å². The van der Waals surface area contributed by atoms with E-state index in [1.165, 1.54) is 0 Å².